The van der Waals surface area contributed by atoms with Crippen molar-refractivity contribution in [1.82, 2.24) is 4.90 Å². The zero-order valence-corrected chi connectivity index (χ0v) is 17.4. The number of nitrogens with two attached hydrogens (primary N) is 1. The second-order valence-corrected chi connectivity index (χ2v) is 9.26. The molecule has 1 aromatic carbocycles. The van der Waals surface area contributed by atoms with Gasteiger partial charge in [-0.3, -0.25) is 5.14 Å². The van der Waals surface area contributed by atoms with Gasteiger partial charge in [-0.15, -0.1) is 0 Å². The first-order valence-electron chi connectivity index (χ1n) is 9.21. The Balaban J connectivity index is 1.79. The lowest BCUT2D eigenvalue weighted by Crippen LogP contribution is -2.45. The average molecular weight is 381 g/mol. The Morgan fingerprint density at radius 1 is 1.38 bits per heavy atom. The number of benzene rings is 1. The van der Waals surface area contributed by atoms with Crippen molar-refractivity contribution in [2.24, 2.45) is 11.1 Å². The van der Waals surface area contributed by atoms with Crippen LogP contribution in [0.15, 0.2) is 29.2 Å². The summed E-state index contributed by atoms with van der Waals surface area (Å²) in [6, 6.07) is 7.81. The van der Waals surface area contributed by atoms with E-state index in [1.165, 1.54) is 11.9 Å². The zero-order valence-electron chi connectivity index (χ0n) is 16.6. The van der Waals surface area contributed by atoms with Crippen molar-refractivity contribution >= 4 is 18.0 Å². The van der Waals surface area contributed by atoms with Crippen LogP contribution in [0.5, 0.6) is 5.75 Å². The summed E-state index contributed by atoms with van der Waals surface area (Å²) in [5, 5.41) is 5.58. The number of likely N-dealkylation sites (tertiary alicyclic amines) is 1. The van der Waals surface area contributed by atoms with Gasteiger partial charge in [0.25, 0.3) is 0 Å². The van der Waals surface area contributed by atoms with Crippen molar-refractivity contribution in [3.05, 3.63) is 24.3 Å². The van der Waals surface area contributed by atoms with E-state index in [4.69, 9.17) is 14.6 Å². The quantitative estimate of drug-likeness (QED) is 0.565. The molecule has 1 aliphatic rings. The lowest BCUT2D eigenvalue weighted by molar-refractivity contribution is 0.0131. The minimum atomic E-state index is -0.463. The van der Waals surface area contributed by atoms with E-state index in [9.17, 15) is 4.79 Å². The Labute approximate surface area is 161 Å². The molecule has 0 spiro atoms. The first-order chi connectivity index (χ1) is 12.1. The van der Waals surface area contributed by atoms with Crippen LogP contribution in [0.1, 0.15) is 53.9 Å². The van der Waals surface area contributed by atoms with Gasteiger partial charge < -0.3 is 14.4 Å². The van der Waals surface area contributed by atoms with Crippen LogP contribution < -0.4 is 9.88 Å². The van der Waals surface area contributed by atoms with Crippen molar-refractivity contribution in [3.63, 3.8) is 0 Å². The van der Waals surface area contributed by atoms with Crippen LogP contribution >= 0.6 is 11.9 Å². The van der Waals surface area contributed by atoms with Gasteiger partial charge in [-0.25, -0.2) is 4.79 Å². The molecule has 2 N–H and O–H groups in total. The maximum atomic E-state index is 12.5. The molecule has 0 aromatic heterocycles. The maximum Gasteiger partial charge on any atom is 0.410 e. The Morgan fingerprint density at radius 2 is 2.12 bits per heavy atom. The lowest BCUT2D eigenvalue weighted by atomic mass is 9.93. The number of carbonyl (C=O) groups excluding carboxylic acids is 1. The molecule has 0 unspecified atom stereocenters. The minimum absolute atomic E-state index is 0.166. The summed E-state index contributed by atoms with van der Waals surface area (Å²) in [6.07, 6.45) is 2.78. The SMILES string of the molecule is CC(C)(C)OC(=O)N1C[C@@H](CCCOc2cccc(SN)c2)CC1(C)C. The molecule has 146 valence electrons. The summed E-state index contributed by atoms with van der Waals surface area (Å²) in [6.45, 7) is 11.4. The van der Waals surface area contributed by atoms with Gasteiger partial charge >= 0.3 is 6.09 Å². The van der Waals surface area contributed by atoms with Crippen molar-refractivity contribution in [2.75, 3.05) is 13.2 Å². The monoisotopic (exact) mass is 380 g/mol. The number of amides is 1. The van der Waals surface area contributed by atoms with Crippen LogP contribution in [0, 0.1) is 5.92 Å². The van der Waals surface area contributed by atoms with E-state index in [1.54, 1.807) is 0 Å². The number of hydrogen-bond donors (Lipinski definition) is 1. The van der Waals surface area contributed by atoms with Crippen LogP contribution in [0.3, 0.4) is 0 Å². The van der Waals surface area contributed by atoms with Crippen LogP contribution in [0.4, 0.5) is 4.79 Å². The summed E-state index contributed by atoms with van der Waals surface area (Å²) in [4.78, 5) is 15.3. The third kappa shape index (κ3) is 6.09. The molecule has 26 heavy (non-hydrogen) atoms. The molecule has 1 amide bonds. The zero-order chi connectivity index (χ0) is 19.4. The van der Waals surface area contributed by atoms with Gasteiger partial charge in [-0.05, 0) is 89.9 Å². The highest BCUT2D eigenvalue weighted by atomic mass is 32.2. The summed E-state index contributed by atoms with van der Waals surface area (Å²) in [7, 11) is 0. The van der Waals surface area contributed by atoms with Gasteiger partial charge in [0.2, 0.25) is 0 Å². The molecular formula is C20H32N2O3S. The van der Waals surface area contributed by atoms with Crippen LogP contribution in [0.2, 0.25) is 0 Å². The third-order valence-corrected chi connectivity index (χ3v) is 5.07. The van der Waals surface area contributed by atoms with E-state index in [0.29, 0.717) is 12.5 Å². The molecule has 0 saturated carbocycles. The normalized spacial score (nSPS) is 19.5. The molecule has 0 bridgehead atoms. The molecule has 2 rings (SSSR count). The van der Waals surface area contributed by atoms with Gasteiger partial charge in [0, 0.05) is 17.0 Å². The molecule has 1 aliphatic heterocycles. The third-order valence-electron chi connectivity index (χ3n) is 4.54. The van der Waals surface area contributed by atoms with Crippen LogP contribution in [0.25, 0.3) is 0 Å². The lowest BCUT2D eigenvalue weighted by Gasteiger charge is -2.33. The highest BCUT2D eigenvalue weighted by molar-refractivity contribution is 7.97. The van der Waals surface area contributed by atoms with E-state index in [0.717, 1.165) is 36.5 Å². The minimum Gasteiger partial charge on any atom is -0.494 e. The fraction of sp³-hybridized carbons (Fsp3) is 0.650. The first-order valence-corrected chi connectivity index (χ1v) is 10.1. The second kappa shape index (κ2) is 8.53. The van der Waals surface area contributed by atoms with Crippen LogP contribution in [-0.2, 0) is 4.74 Å². The molecule has 1 aromatic rings. The summed E-state index contributed by atoms with van der Waals surface area (Å²) in [5.74, 6) is 1.33. The molecular weight excluding hydrogens is 348 g/mol. The van der Waals surface area contributed by atoms with Gasteiger partial charge in [-0.1, -0.05) is 6.07 Å². The van der Waals surface area contributed by atoms with Gasteiger partial charge in [-0.2, -0.15) is 0 Å². The van der Waals surface area contributed by atoms with E-state index in [2.05, 4.69) is 13.8 Å². The van der Waals surface area contributed by atoms with Crippen molar-refractivity contribution in [3.8, 4) is 5.75 Å². The van der Waals surface area contributed by atoms with Gasteiger partial charge in [0.15, 0.2) is 0 Å². The second-order valence-electron chi connectivity index (χ2n) is 8.56. The average Bonchev–Trinajstić information content (AvgIpc) is 2.85. The Kier molecular flexibility index (Phi) is 6.86. The molecule has 1 fully saturated rings. The number of carbonyl (C=O) groups is 1. The van der Waals surface area contributed by atoms with Gasteiger partial charge in [0.05, 0.1) is 6.61 Å². The number of nitrogens with zero attached hydrogens (tertiary/aromatic N) is 1. The standard InChI is InChI=1S/C20H32N2O3S/c1-19(2,3)25-18(23)22-14-15(13-20(22,4)5)8-7-11-24-16-9-6-10-17(12-16)26-21/h6,9-10,12,15H,7-8,11,13-14,21H2,1-5H3/t15-/m0/s1. The Hall–Kier alpha value is -1.40. The summed E-state index contributed by atoms with van der Waals surface area (Å²) < 4.78 is 11.4. The largest absolute Gasteiger partial charge is 0.494 e. The number of hydrogen-bond acceptors (Lipinski definition) is 5. The first kappa shape index (κ1) is 20.9. The van der Waals surface area contributed by atoms with Crippen molar-refractivity contribution < 1.29 is 14.3 Å². The van der Waals surface area contributed by atoms with E-state index in [-0.39, 0.29) is 11.6 Å². The molecule has 5 nitrogen and oxygen atoms in total. The molecule has 6 heteroatoms. The molecule has 0 radical (unpaired) electrons. The highest BCUT2D eigenvalue weighted by Crippen LogP contribution is 2.36. The Bertz CT molecular complexity index is 613. The fourth-order valence-corrected chi connectivity index (χ4v) is 3.76. The predicted molar refractivity (Wildman–Crippen MR) is 106 cm³/mol. The maximum absolute atomic E-state index is 12.5. The number of ether oxygens (including phenoxy) is 2. The van der Waals surface area contributed by atoms with Crippen LogP contribution in [-0.4, -0.2) is 35.3 Å². The summed E-state index contributed by atoms with van der Waals surface area (Å²) >= 11 is 1.22. The topological polar surface area (TPSA) is 64.8 Å². The summed E-state index contributed by atoms with van der Waals surface area (Å²) in [5.41, 5.74) is -0.629. The Morgan fingerprint density at radius 3 is 2.77 bits per heavy atom. The molecule has 1 saturated heterocycles. The molecule has 0 aliphatic carbocycles. The smallest absolute Gasteiger partial charge is 0.410 e. The predicted octanol–water partition coefficient (Wildman–Crippen LogP) is 4.85. The van der Waals surface area contributed by atoms with Gasteiger partial charge in [0.1, 0.15) is 11.4 Å². The molecule has 1 atom stereocenters. The number of rotatable bonds is 6. The van der Waals surface area contributed by atoms with E-state index < -0.39 is 5.60 Å². The van der Waals surface area contributed by atoms with E-state index in [1.807, 2.05) is 49.9 Å². The molecule has 1 heterocycles. The highest BCUT2D eigenvalue weighted by Gasteiger charge is 2.42. The van der Waals surface area contributed by atoms with Crippen molar-refractivity contribution in [2.45, 2.75) is 69.9 Å². The van der Waals surface area contributed by atoms with Crippen molar-refractivity contribution in [1.29, 1.82) is 0 Å². The fourth-order valence-electron chi connectivity index (χ4n) is 3.42. The van der Waals surface area contributed by atoms with E-state index >= 15 is 0 Å².